The quantitative estimate of drug-likeness (QED) is 0.295. The Morgan fingerprint density at radius 3 is 2.39 bits per heavy atom. The van der Waals surface area contributed by atoms with Crippen LogP contribution < -0.4 is 14.4 Å². The lowest BCUT2D eigenvalue weighted by Crippen LogP contribution is -2.38. The van der Waals surface area contributed by atoms with Gasteiger partial charge in [0.1, 0.15) is 17.0 Å². The Balaban J connectivity index is 0.00000385. The minimum atomic E-state index is -0.0599. The Hall–Kier alpha value is -2.35. The third kappa shape index (κ3) is 6.82. The smallest absolute Gasteiger partial charge is 0.260 e. The zero-order chi connectivity index (χ0) is 22.9. The van der Waals surface area contributed by atoms with Gasteiger partial charge in [0.05, 0.1) is 18.4 Å². The SMILES string of the molecule is CCCCOc1ccc(C(=O)N(CCN(CC)CC)c2nc3c(OC)cccc3s2)cc1.Cl. The molecule has 0 bridgehead atoms. The van der Waals surface area contributed by atoms with Crippen LogP contribution >= 0.6 is 23.7 Å². The van der Waals surface area contributed by atoms with Gasteiger partial charge in [0, 0.05) is 18.7 Å². The van der Waals surface area contributed by atoms with Crippen molar-refractivity contribution in [3.05, 3.63) is 48.0 Å². The third-order valence-electron chi connectivity index (χ3n) is 5.47. The van der Waals surface area contributed by atoms with Gasteiger partial charge in [-0.25, -0.2) is 4.98 Å². The molecule has 0 radical (unpaired) electrons. The Bertz CT molecular complexity index is 1010. The van der Waals surface area contributed by atoms with Gasteiger partial charge in [-0.2, -0.15) is 0 Å². The number of hydrogen-bond donors (Lipinski definition) is 0. The zero-order valence-electron chi connectivity index (χ0n) is 19.9. The minimum absolute atomic E-state index is 0. The molecule has 0 aliphatic heterocycles. The number of aromatic nitrogens is 1. The Kier molecular flexibility index (Phi) is 10.9. The van der Waals surface area contributed by atoms with Crippen LogP contribution in [0.4, 0.5) is 5.13 Å². The Morgan fingerprint density at radius 1 is 1.03 bits per heavy atom. The molecule has 0 fully saturated rings. The van der Waals surface area contributed by atoms with Crippen molar-refractivity contribution in [1.82, 2.24) is 9.88 Å². The van der Waals surface area contributed by atoms with Gasteiger partial charge < -0.3 is 14.4 Å². The highest BCUT2D eigenvalue weighted by atomic mass is 35.5. The van der Waals surface area contributed by atoms with Crippen molar-refractivity contribution in [1.29, 1.82) is 0 Å². The molecule has 0 atom stereocenters. The number of fused-ring (bicyclic) bond motifs is 1. The summed E-state index contributed by atoms with van der Waals surface area (Å²) in [7, 11) is 1.64. The number of rotatable bonds is 12. The second-order valence-electron chi connectivity index (χ2n) is 7.51. The van der Waals surface area contributed by atoms with Crippen LogP contribution in [0.25, 0.3) is 10.2 Å². The van der Waals surface area contributed by atoms with Gasteiger partial charge in [-0.3, -0.25) is 9.69 Å². The number of carbonyl (C=O) groups excluding carboxylic acids is 1. The number of carbonyl (C=O) groups is 1. The predicted octanol–water partition coefficient (Wildman–Crippen LogP) is 5.89. The first-order valence-corrected chi connectivity index (χ1v) is 12.1. The van der Waals surface area contributed by atoms with Gasteiger partial charge in [-0.15, -0.1) is 12.4 Å². The number of halogens is 1. The summed E-state index contributed by atoms with van der Waals surface area (Å²) in [5, 5.41) is 0.685. The number of nitrogens with zero attached hydrogens (tertiary/aromatic N) is 3. The fourth-order valence-corrected chi connectivity index (χ4v) is 4.45. The summed E-state index contributed by atoms with van der Waals surface area (Å²) in [5.41, 5.74) is 1.41. The molecule has 6 nitrogen and oxygen atoms in total. The van der Waals surface area contributed by atoms with E-state index in [4.69, 9.17) is 14.5 Å². The summed E-state index contributed by atoms with van der Waals surface area (Å²) in [4.78, 5) is 22.4. The Labute approximate surface area is 206 Å². The van der Waals surface area contributed by atoms with Crippen LogP contribution in [0.3, 0.4) is 0 Å². The van der Waals surface area contributed by atoms with Gasteiger partial charge in [-0.05, 0) is 55.9 Å². The molecule has 1 amide bonds. The molecule has 0 saturated carbocycles. The summed E-state index contributed by atoms with van der Waals surface area (Å²) in [6, 6.07) is 13.3. The summed E-state index contributed by atoms with van der Waals surface area (Å²) in [6.45, 7) is 10.3. The molecule has 180 valence electrons. The summed E-state index contributed by atoms with van der Waals surface area (Å²) in [5.74, 6) is 1.44. The normalized spacial score (nSPS) is 10.8. The molecule has 1 heterocycles. The van der Waals surface area contributed by atoms with Crippen LogP contribution in [0.5, 0.6) is 11.5 Å². The Morgan fingerprint density at radius 2 is 1.76 bits per heavy atom. The summed E-state index contributed by atoms with van der Waals surface area (Å²) < 4.78 is 12.2. The first-order valence-electron chi connectivity index (χ1n) is 11.3. The standard InChI is InChI=1S/C25H33N3O3S.ClH/c1-5-8-18-31-20-14-12-19(13-15-20)24(29)28(17-16-27(6-2)7-3)25-26-23-21(30-4)10-9-11-22(23)32-25;/h9-15H,5-8,16-18H2,1-4H3;1H. The lowest BCUT2D eigenvalue weighted by molar-refractivity contribution is 0.0983. The average Bonchev–Trinajstić information content (AvgIpc) is 3.26. The number of methoxy groups -OCH3 is 1. The van der Waals surface area contributed by atoms with Crippen LogP contribution in [0.15, 0.2) is 42.5 Å². The largest absolute Gasteiger partial charge is 0.494 e. The zero-order valence-corrected chi connectivity index (χ0v) is 21.5. The van der Waals surface area contributed by atoms with E-state index < -0.39 is 0 Å². The van der Waals surface area contributed by atoms with Gasteiger partial charge in [0.25, 0.3) is 5.91 Å². The van der Waals surface area contributed by atoms with Gasteiger partial charge in [-0.1, -0.05) is 44.6 Å². The molecule has 8 heteroatoms. The number of hydrogen-bond acceptors (Lipinski definition) is 6. The van der Waals surface area contributed by atoms with Crippen molar-refractivity contribution in [3.63, 3.8) is 0 Å². The van der Waals surface area contributed by atoms with E-state index >= 15 is 0 Å². The molecule has 2 aromatic carbocycles. The molecule has 0 saturated heterocycles. The van der Waals surface area contributed by atoms with Crippen molar-refractivity contribution < 1.29 is 14.3 Å². The van der Waals surface area contributed by atoms with Gasteiger partial charge >= 0.3 is 0 Å². The van der Waals surface area contributed by atoms with E-state index in [9.17, 15) is 4.79 Å². The number of benzene rings is 2. The van der Waals surface area contributed by atoms with Gasteiger partial charge in [0.2, 0.25) is 0 Å². The maximum atomic E-state index is 13.5. The van der Waals surface area contributed by atoms with Crippen LogP contribution in [-0.2, 0) is 0 Å². The second kappa shape index (κ2) is 13.4. The molecule has 1 aromatic heterocycles. The van der Waals surface area contributed by atoms with Crippen LogP contribution in [-0.4, -0.2) is 55.7 Å². The van der Waals surface area contributed by atoms with E-state index in [1.165, 1.54) is 11.3 Å². The number of unbranched alkanes of at least 4 members (excludes halogenated alkanes) is 1. The lowest BCUT2D eigenvalue weighted by atomic mass is 10.2. The van der Waals surface area contributed by atoms with E-state index in [1.54, 1.807) is 12.0 Å². The van der Waals surface area contributed by atoms with E-state index in [2.05, 4.69) is 25.7 Å². The van der Waals surface area contributed by atoms with E-state index in [-0.39, 0.29) is 18.3 Å². The molecule has 0 aliphatic carbocycles. The maximum absolute atomic E-state index is 13.5. The fourth-order valence-electron chi connectivity index (χ4n) is 3.44. The number of thiazole rings is 1. The van der Waals surface area contributed by atoms with Crippen LogP contribution in [0.2, 0.25) is 0 Å². The molecule has 0 aliphatic rings. The van der Waals surface area contributed by atoms with Crippen molar-refractivity contribution in [2.45, 2.75) is 33.6 Å². The number of likely N-dealkylation sites (N-methyl/N-ethyl adjacent to an activating group) is 1. The monoisotopic (exact) mass is 491 g/mol. The first kappa shape index (κ1) is 26.9. The fraction of sp³-hybridized carbons (Fsp3) is 0.440. The molecule has 33 heavy (non-hydrogen) atoms. The number of ether oxygens (including phenoxy) is 2. The number of amides is 1. The van der Waals surface area contributed by atoms with Crippen molar-refractivity contribution in [2.75, 3.05) is 44.8 Å². The minimum Gasteiger partial charge on any atom is -0.494 e. The highest BCUT2D eigenvalue weighted by molar-refractivity contribution is 7.22. The number of anilines is 1. The van der Waals surface area contributed by atoms with E-state index in [1.807, 2.05) is 42.5 Å². The van der Waals surface area contributed by atoms with Crippen LogP contribution in [0, 0.1) is 0 Å². The highest BCUT2D eigenvalue weighted by Crippen LogP contribution is 2.34. The maximum Gasteiger partial charge on any atom is 0.260 e. The first-order chi connectivity index (χ1) is 15.6. The molecule has 0 N–H and O–H groups in total. The van der Waals surface area contributed by atoms with E-state index in [0.29, 0.717) is 23.8 Å². The highest BCUT2D eigenvalue weighted by Gasteiger charge is 2.23. The second-order valence-corrected chi connectivity index (χ2v) is 8.52. The average molecular weight is 492 g/mol. The van der Waals surface area contributed by atoms with Crippen molar-refractivity contribution >= 4 is 45.0 Å². The van der Waals surface area contributed by atoms with Crippen LogP contribution in [0.1, 0.15) is 44.0 Å². The number of para-hydroxylation sites is 1. The van der Waals surface area contributed by atoms with E-state index in [0.717, 1.165) is 54.2 Å². The topological polar surface area (TPSA) is 54.9 Å². The molecule has 3 aromatic rings. The molecule has 0 unspecified atom stereocenters. The van der Waals surface area contributed by atoms with Crippen molar-refractivity contribution in [2.24, 2.45) is 0 Å². The third-order valence-corrected chi connectivity index (χ3v) is 6.51. The predicted molar refractivity (Wildman–Crippen MR) is 140 cm³/mol. The summed E-state index contributed by atoms with van der Waals surface area (Å²) in [6.07, 6.45) is 2.10. The lowest BCUT2D eigenvalue weighted by Gasteiger charge is -2.24. The van der Waals surface area contributed by atoms with Crippen molar-refractivity contribution in [3.8, 4) is 11.5 Å². The van der Waals surface area contributed by atoms with Gasteiger partial charge in [0.15, 0.2) is 5.13 Å². The molecule has 3 rings (SSSR count). The molecular formula is C25H34ClN3O3S. The molecule has 0 spiro atoms. The summed E-state index contributed by atoms with van der Waals surface area (Å²) >= 11 is 1.51. The molecular weight excluding hydrogens is 458 g/mol.